The average molecular weight is 259 g/mol. The van der Waals surface area contributed by atoms with E-state index < -0.39 is 17.7 Å². The molecule has 1 N–H and O–H groups in total. The largest absolute Gasteiger partial charge is 0.481 e. The molecule has 0 bridgehead atoms. The standard InChI is InChI=1S/C13H16ClFO2/c1-8(2)5-10(13(16)17)6-9-7-11(15)3-4-12(9)14/h3-4,7-8,10H,5-6H2,1-2H3,(H,16,17). The van der Waals surface area contributed by atoms with Crippen molar-refractivity contribution >= 4 is 17.6 Å². The predicted octanol–water partition coefficient (Wildman–Crippen LogP) is 3.77. The molecule has 1 unspecified atom stereocenters. The highest BCUT2D eigenvalue weighted by Gasteiger charge is 2.20. The summed E-state index contributed by atoms with van der Waals surface area (Å²) in [7, 11) is 0. The van der Waals surface area contributed by atoms with Crippen LogP contribution in [0.2, 0.25) is 5.02 Å². The summed E-state index contributed by atoms with van der Waals surface area (Å²) in [5.41, 5.74) is 0.555. The number of benzene rings is 1. The third-order valence-corrected chi connectivity index (χ3v) is 2.95. The summed E-state index contributed by atoms with van der Waals surface area (Å²) in [6.07, 6.45) is 0.826. The van der Waals surface area contributed by atoms with Gasteiger partial charge in [-0.05, 0) is 42.5 Å². The van der Waals surface area contributed by atoms with E-state index in [9.17, 15) is 9.18 Å². The van der Waals surface area contributed by atoms with Crippen LogP contribution < -0.4 is 0 Å². The summed E-state index contributed by atoms with van der Waals surface area (Å²) in [4.78, 5) is 11.1. The zero-order valence-corrected chi connectivity index (χ0v) is 10.7. The fourth-order valence-electron chi connectivity index (χ4n) is 1.81. The van der Waals surface area contributed by atoms with Crippen molar-refractivity contribution in [1.82, 2.24) is 0 Å². The van der Waals surface area contributed by atoms with E-state index >= 15 is 0 Å². The number of hydrogen-bond acceptors (Lipinski definition) is 1. The van der Waals surface area contributed by atoms with Crippen molar-refractivity contribution < 1.29 is 14.3 Å². The number of rotatable bonds is 5. The minimum absolute atomic E-state index is 0.268. The van der Waals surface area contributed by atoms with Gasteiger partial charge in [-0.1, -0.05) is 25.4 Å². The molecule has 0 spiro atoms. The molecule has 4 heteroatoms. The zero-order valence-electron chi connectivity index (χ0n) is 9.91. The lowest BCUT2D eigenvalue weighted by molar-refractivity contribution is -0.142. The minimum atomic E-state index is -0.862. The van der Waals surface area contributed by atoms with E-state index in [-0.39, 0.29) is 12.3 Å². The Labute approximate surface area is 105 Å². The Morgan fingerprint density at radius 3 is 2.65 bits per heavy atom. The van der Waals surface area contributed by atoms with Crippen molar-refractivity contribution in [1.29, 1.82) is 0 Å². The van der Waals surface area contributed by atoms with Crippen molar-refractivity contribution in [2.24, 2.45) is 11.8 Å². The minimum Gasteiger partial charge on any atom is -0.481 e. The molecule has 0 aliphatic heterocycles. The number of carboxylic acids is 1. The van der Waals surface area contributed by atoms with Gasteiger partial charge in [-0.3, -0.25) is 4.79 Å². The Morgan fingerprint density at radius 1 is 1.47 bits per heavy atom. The van der Waals surface area contributed by atoms with Crippen molar-refractivity contribution in [2.45, 2.75) is 26.7 Å². The molecular formula is C13H16ClFO2. The zero-order chi connectivity index (χ0) is 13.0. The van der Waals surface area contributed by atoms with Crippen LogP contribution in [-0.4, -0.2) is 11.1 Å². The van der Waals surface area contributed by atoms with Crippen LogP contribution in [0, 0.1) is 17.7 Å². The third kappa shape index (κ3) is 4.35. The highest BCUT2D eigenvalue weighted by atomic mass is 35.5. The quantitative estimate of drug-likeness (QED) is 0.873. The monoisotopic (exact) mass is 258 g/mol. The maximum absolute atomic E-state index is 13.1. The molecule has 0 aromatic heterocycles. The van der Waals surface area contributed by atoms with Gasteiger partial charge in [0.05, 0.1) is 5.92 Å². The first-order valence-electron chi connectivity index (χ1n) is 5.57. The van der Waals surface area contributed by atoms with E-state index in [0.717, 1.165) is 0 Å². The lowest BCUT2D eigenvalue weighted by Crippen LogP contribution is -2.18. The number of carboxylic acid groups (broad SMARTS) is 1. The SMILES string of the molecule is CC(C)CC(Cc1cc(F)ccc1Cl)C(=O)O. The molecule has 0 heterocycles. The normalized spacial score (nSPS) is 12.8. The summed E-state index contributed by atoms with van der Waals surface area (Å²) in [5, 5.41) is 9.52. The van der Waals surface area contributed by atoms with E-state index in [2.05, 4.69) is 0 Å². The molecule has 0 fully saturated rings. The molecule has 1 atom stereocenters. The van der Waals surface area contributed by atoms with Crippen LogP contribution in [0.3, 0.4) is 0 Å². The molecule has 1 aromatic carbocycles. The molecule has 0 saturated carbocycles. The maximum atomic E-state index is 13.1. The van der Waals surface area contributed by atoms with Crippen molar-refractivity contribution in [3.8, 4) is 0 Å². The molecule has 0 saturated heterocycles. The Balaban J connectivity index is 2.85. The number of aliphatic carboxylic acids is 1. The van der Waals surface area contributed by atoms with Crippen LogP contribution >= 0.6 is 11.6 Å². The Kier molecular flexibility index (Phi) is 4.94. The molecule has 0 aliphatic carbocycles. The van der Waals surface area contributed by atoms with E-state index in [0.29, 0.717) is 17.0 Å². The summed E-state index contributed by atoms with van der Waals surface area (Å²) in [6.45, 7) is 3.92. The van der Waals surface area contributed by atoms with Crippen LogP contribution in [-0.2, 0) is 11.2 Å². The molecule has 0 aliphatic rings. The Hall–Kier alpha value is -1.09. The molecule has 2 nitrogen and oxygen atoms in total. The lowest BCUT2D eigenvalue weighted by Gasteiger charge is -2.15. The smallest absolute Gasteiger partial charge is 0.306 e. The van der Waals surface area contributed by atoms with Gasteiger partial charge in [-0.2, -0.15) is 0 Å². The highest BCUT2D eigenvalue weighted by Crippen LogP contribution is 2.23. The van der Waals surface area contributed by atoms with Crippen LogP contribution in [0.25, 0.3) is 0 Å². The van der Waals surface area contributed by atoms with Gasteiger partial charge in [0.1, 0.15) is 5.82 Å². The molecular weight excluding hydrogens is 243 g/mol. The van der Waals surface area contributed by atoms with E-state index in [1.165, 1.54) is 18.2 Å². The molecule has 0 radical (unpaired) electrons. The topological polar surface area (TPSA) is 37.3 Å². The third-order valence-electron chi connectivity index (χ3n) is 2.58. The second-order valence-corrected chi connectivity index (χ2v) is 5.01. The van der Waals surface area contributed by atoms with E-state index in [4.69, 9.17) is 16.7 Å². The van der Waals surface area contributed by atoms with Gasteiger partial charge >= 0.3 is 5.97 Å². The second-order valence-electron chi connectivity index (χ2n) is 4.60. The fraction of sp³-hybridized carbons (Fsp3) is 0.462. The van der Waals surface area contributed by atoms with Gasteiger partial charge in [0.25, 0.3) is 0 Å². The molecule has 0 amide bonds. The predicted molar refractivity (Wildman–Crippen MR) is 65.7 cm³/mol. The van der Waals surface area contributed by atoms with Crippen molar-refractivity contribution in [2.75, 3.05) is 0 Å². The van der Waals surface area contributed by atoms with Gasteiger partial charge in [0, 0.05) is 5.02 Å². The van der Waals surface area contributed by atoms with Gasteiger partial charge in [-0.25, -0.2) is 4.39 Å². The summed E-state index contributed by atoms with van der Waals surface area (Å²) < 4.78 is 13.1. The molecule has 1 aromatic rings. The number of carbonyl (C=O) groups is 1. The van der Waals surface area contributed by atoms with Crippen LogP contribution in [0.15, 0.2) is 18.2 Å². The summed E-state index contributed by atoms with van der Waals surface area (Å²) in [5.74, 6) is -1.49. The molecule has 1 rings (SSSR count). The summed E-state index contributed by atoms with van der Waals surface area (Å²) in [6, 6.07) is 4.03. The van der Waals surface area contributed by atoms with Crippen molar-refractivity contribution in [3.05, 3.63) is 34.6 Å². The van der Waals surface area contributed by atoms with Gasteiger partial charge < -0.3 is 5.11 Å². The lowest BCUT2D eigenvalue weighted by atomic mass is 9.91. The van der Waals surface area contributed by atoms with Gasteiger partial charge in [0.15, 0.2) is 0 Å². The van der Waals surface area contributed by atoms with Crippen molar-refractivity contribution in [3.63, 3.8) is 0 Å². The first-order valence-corrected chi connectivity index (χ1v) is 5.94. The van der Waals surface area contributed by atoms with E-state index in [1.807, 2.05) is 13.8 Å². The first-order chi connectivity index (χ1) is 7.90. The Bertz CT molecular complexity index is 404. The first kappa shape index (κ1) is 14.0. The van der Waals surface area contributed by atoms with E-state index in [1.54, 1.807) is 0 Å². The van der Waals surface area contributed by atoms with Gasteiger partial charge in [0.2, 0.25) is 0 Å². The highest BCUT2D eigenvalue weighted by molar-refractivity contribution is 6.31. The second kappa shape index (κ2) is 6.01. The van der Waals surface area contributed by atoms with Crippen LogP contribution in [0.1, 0.15) is 25.8 Å². The Morgan fingerprint density at radius 2 is 2.12 bits per heavy atom. The number of halogens is 2. The molecule has 17 heavy (non-hydrogen) atoms. The fourth-order valence-corrected chi connectivity index (χ4v) is 2.00. The molecule has 94 valence electrons. The van der Waals surface area contributed by atoms with Gasteiger partial charge in [-0.15, -0.1) is 0 Å². The number of hydrogen-bond donors (Lipinski definition) is 1. The van der Waals surface area contributed by atoms with Crippen LogP contribution in [0.5, 0.6) is 0 Å². The summed E-state index contributed by atoms with van der Waals surface area (Å²) >= 11 is 5.92. The maximum Gasteiger partial charge on any atom is 0.306 e. The van der Waals surface area contributed by atoms with Crippen LogP contribution in [0.4, 0.5) is 4.39 Å². The average Bonchev–Trinajstić information content (AvgIpc) is 2.21.